The summed E-state index contributed by atoms with van der Waals surface area (Å²) in [4.78, 5) is 37.5. The van der Waals surface area contributed by atoms with E-state index in [9.17, 15) is 19.5 Å². The Morgan fingerprint density at radius 3 is 0.944 bits per heavy atom. The van der Waals surface area contributed by atoms with Crippen molar-refractivity contribution in [1.82, 2.24) is 0 Å². The van der Waals surface area contributed by atoms with Gasteiger partial charge in [-0.25, -0.2) is 0 Å². The number of nitrogens with zero attached hydrogens (tertiary/aromatic N) is 1. The number of ether oxygens (including phenoxy) is 4. The number of unbranched alkanes of at least 4 members (excludes halogenated alkanes) is 36. The molecule has 0 saturated heterocycles. The summed E-state index contributed by atoms with van der Waals surface area (Å²) in [6.07, 6.45) is 96.1. The summed E-state index contributed by atoms with van der Waals surface area (Å²) in [5.74, 6) is -2.27. The lowest BCUT2D eigenvalue weighted by Gasteiger charge is -2.26. The molecule has 2 atom stereocenters. The minimum Gasteiger partial charge on any atom is -0.545 e. The van der Waals surface area contributed by atoms with Gasteiger partial charge in [0.2, 0.25) is 0 Å². The summed E-state index contributed by atoms with van der Waals surface area (Å²) in [5, 5.41) is 11.8. The van der Waals surface area contributed by atoms with Crippen LogP contribution in [0.15, 0.2) is 109 Å². The molecular weight excluding hydrogens is 1110 g/mol. The van der Waals surface area contributed by atoms with Crippen molar-refractivity contribution in [2.24, 2.45) is 0 Å². The maximum Gasteiger partial charge on any atom is 0.306 e. The number of hydrogen-bond donors (Lipinski definition) is 0. The van der Waals surface area contributed by atoms with E-state index in [1.807, 2.05) is 21.1 Å². The molecule has 0 fully saturated rings. The van der Waals surface area contributed by atoms with Crippen LogP contribution in [0.1, 0.15) is 328 Å². The lowest BCUT2D eigenvalue weighted by atomic mass is 10.0. The molecule has 0 aliphatic rings. The number of carboxylic acids is 1. The molecule has 90 heavy (non-hydrogen) atoms. The van der Waals surface area contributed by atoms with Gasteiger partial charge in [-0.2, -0.15) is 0 Å². The van der Waals surface area contributed by atoms with Crippen LogP contribution in [-0.2, 0) is 33.3 Å². The lowest BCUT2D eigenvalue weighted by Crippen LogP contribution is -2.44. The molecule has 0 amide bonds. The van der Waals surface area contributed by atoms with Crippen molar-refractivity contribution in [2.45, 2.75) is 341 Å². The first kappa shape index (κ1) is 85.9. The van der Waals surface area contributed by atoms with E-state index in [2.05, 4.69) is 123 Å². The van der Waals surface area contributed by atoms with Gasteiger partial charge in [0.25, 0.3) is 0 Å². The van der Waals surface area contributed by atoms with Crippen molar-refractivity contribution in [2.75, 3.05) is 47.5 Å². The van der Waals surface area contributed by atoms with Gasteiger partial charge in [0.05, 0.1) is 40.3 Å². The Bertz CT molecular complexity index is 1850. The fraction of sp³-hybridized carbons (Fsp3) is 0.741. The summed E-state index contributed by atoms with van der Waals surface area (Å²) in [6, 6.07) is 0. The van der Waals surface area contributed by atoms with Crippen molar-refractivity contribution in [3.05, 3.63) is 109 Å². The van der Waals surface area contributed by atoms with Gasteiger partial charge >= 0.3 is 11.9 Å². The predicted octanol–water partition coefficient (Wildman–Crippen LogP) is 22.4. The summed E-state index contributed by atoms with van der Waals surface area (Å²) in [7, 11) is 5.94. The van der Waals surface area contributed by atoms with Crippen molar-refractivity contribution in [3.63, 3.8) is 0 Å². The van der Waals surface area contributed by atoms with Crippen LogP contribution in [-0.4, -0.2) is 82.3 Å². The number of carbonyl (C=O) groups is 3. The molecule has 0 aromatic heterocycles. The van der Waals surface area contributed by atoms with Crippen molar-refractivity contribution in [1.29, 1.82) is 0 Å². The first-order chi connectivity index (χ1) is 44.1. The zero-order chi connectivity index (χ0) is 65.4. The number of rotatable bonds is 69. The highest BCUT2D eigenvalue weighted by atomic mass is 16.7. The average Bonchev–Trinajstić information content (AvgIpc) is 3.65. The summed E-state index contributed by atoms with van der Waals surface area (Å²) in [6.45, 7) is 4.67. The molecular formula is C81H141NO8. The van der Waals surface area contributed by atoms with Crippen LogP contribution in [0.5, 0.6) is 0 Å². The smallest absolute Gasteiger partial charge is 0.306 e. The molecule has 2 unspecified atom stereocenters. The molecule has 0 bridgehead atoms. The number of allylic oxidation sites excluding steroid dienone is 18. The summed E-state index contributed by atoms with van der Waals surface area (Å²) >= 11 is 0. The van der Waals surface area contributed by atoms with Crippen LogP contribution >= 0.6 is 0 Å². The molecule has 0 rings (SSSR count). The van der Waals surface area contributed by atoms with Crippen molar-refractivity contribution < 1.29 is 42.9 Å². The minimum atomic E-state index is -1.63. The molecule has 0 saturated carbocycles. The first-order valence-electron chi connectivity index (χ1n) is 37.5. The third kappa shape index (κ3) is 71.4. The van der Waals surface area contributed by atoms with E-state index in [0.29, 0.717) is 23.9 Å². The molecule has 0 aliphatic carbocycles. The van der Waals surface area contributed by atoms with Crippen LogP contribution < -0.4 is 5.11 Å². The van der Waals surface area contributed by atoms with Gasteiger partial charge in [-0.3, -0.25) is 9.59 Å². The Balaban J connectivity index is 4.10. The van der Waals surface area contributed by atoms with Gasteiger partial charge in [-0.15, -0.1) is 0 Å². The van der Waals surface area contributed by atoms with Gasteiger partial charge in [-0.05, 0) is 83.5 Å². The van der Waals surface area contributed by atoms with Crippen LogP contribution in [0, 0.1) is 0 Å². The monoisotopic (exact) mass is 1260 g/mol. The highest BCUT2D eigenvalue weighted by Gasteiger charge is 2.22. The number of aliphatic carboxylic acids is 1. The third-order valence-corrected chi connectivity index (χ3v) is 16.3. The quantitative estimate of drug-likeness (QED) is 0.0195. The molecule has 9 heteroatoms. The third-order valence-electron chi connectivity index (χ3n) is 16.3. The molecule has 518 valence electrons. The lowest BCUT2D eigenvalue weighted by molar-refractivity contribution is -0.870. The van der Waals surface area contributed by atoms with E-state index >= 15 is 0 Å². The highest BCUT2D eigenvalue weighted by molar-refractivity contribution is 5.70. The topological polar surface area (TPSA) is 111 Å². The van der Waals surface area contributed by atoms with E-state index in [1.165, 1.54) is 193 Å². The molecule has 0 aliphatic heterocycles. The van der Waals surface area contributed by atoms with Gasteiger partial charge in [0, 0.05) is 12.8 Å². The van der Waals surface area contributed by atoms with Crippen LogP contribution in [0.2, 0.25) is 0 Å². The van der Waals surface area contributed by atoms with Gasteiger partial charge in [0.1, 0.15) is 13.2 Å². The van der Waals surface area contributed by atoms with Crippen molar-refractivity contribution in [3.8, 4) is 0 Å². The van der Waals surface area contributed by atoms with Crippen LogP contribution in [0.3, 0.4) is 0 Å². The van der Waals surface area contributed by atoms with E-state index in [0.717, 1.165) is 103 Å². The Morgan fingerprint density at radius 2 is 0.633 bits per heavy atom. The number of quaternary nitrogens is 1. The molecule has 0 aromatic carbocycles. The Hall–Kier alpha value is -4.05. The van der Waals surface area contributed by atoms with E-state index in [1.54, 1.807) is 0 Å². The fourth-order valence-electron chi connectivity index (χ4n) is 10.6. The van der Waals surface area contributed by atoms with Crippen LogP contribution in [0.25, 0.3) is 0 Å². The molecule has 0 heterocycles. The zero-order valence-electron chi connectivity index (χ0n) is 59.2. The SMILES string of the molecule is CC/C=C\C/C=C\C/C=C\C/C=C\C/C=C\C/C=C\C/C=C\C/C=C\C/C=C\CCCCCCCCCCCCCC(=O)OC(COC(=O)CCCCCCCCCCCCCCCCCCCCCCCCCCCC)COC(OCC[N+](C)(C)C)C(=O)[O-]. The fourth-order valence-corrected chi connectivity index (χ4v) is 10.6. The molecule has 0 N–H and O–H groups in total. The Kier molecular flexibility index (Phi) is 67.6. The minimum absolute atomic E-state index is 0.145. The van der Waals surface area contributed by atoms with Crippen LogP contribution in [0.4, 0.5) is 0 Å². The van der Waals surface area contributed by atoms with Gasteiger partial charge < -0.3 is 33.3 Å². The van der Waals surface area contributed by atoms with E-state index in [-0.39, 0.29) is 32.2 Å². The molecule has 9 nitrogen and oxygen atoms in total. The zero-order valence-corrected chi connectivity index (χ0v) is 59.2. The Labute approximate surface area is 555 Å². The second kappa shape index (κ2) is 70.8. The predicted molar refractivity (Wildman–Crippen MR) is 384 cm³/mol. The largest absolute Gasteiger partial charge is 0.545 e. The number of carbonyl (C=O) groups excluding carboxylic acids is 3. The standard InChI is InChI=1S/C81H141NO8/c1-6-8-10-12-14-16-18-20-22-24-26-28-30-32-34-35-36-37-38-39-40-41-42-43-44-45-46-48-50-52-54-56-58-60-62-64-66-68-70-72-79(84)90-77(76-89-81(80(85)86)87-74-73-82(3,4)5)75-88-78(83)71-69-67-65-63-61-59-57-55-53-51-49-47-33-31-29-27-25-23-21-19-17-15-13-11-9-7-2/h8,10,14,16,20,22,26,28,32,34,36-37,39-40,42-43,45-46,77,81H,6-7,9,11-13,15,17-19,21,23-25,27,29-31,33,35,38,41,44,47-76H2,1-5H3/b10-8-,16-14-,22-20-,28-26-,34-32-,37-36-,40-39-,43-42-,46-45-. The Morgan fingerprint density at radius 1 is 0.344 bits per heavy atom. The highest BCUT2D eigenvalue weighted by Crippen LogP contribution is 2.18. The van der Waals surface area contributed by atoms with Crippen molar-refractivity contribution >= 4 is 17.9 Å². The molecule has 0 spiro atoms. The first-order valence-corrected chi connectivity index (χ1v) is 37.5. The second-order valence-electron chi connectivity index (χ2n) is 26.2. The maximum absolute atomic E-state index is 13.0. The summed E-state index contributed by atoms with van der Waals surface area (Å²) < 4.78 is 22.8. The molecule has 0 aromatic rings. The second-order valence-corrected chi connectivity index (χ2v) is 26.2. The molecule has 0 radical (unpaired) electrons. The summed E-state index contributed by atoms with van der Waals surface area (Å²) in [5.41, 5.74) is 0. The number of likely N-dealkylation sites (N-methyl/N-ethyl adjacent to an activating group) is 1. The number of hydrogen-bond acceptors (Lipinski definition) is 8. The average molecular weight is 1260 g/mol. The van der Waals surface area contributed by atoms with E-state index < -0.39 is 24.3 Å². The van der Waals surface area contributed by atoms with E-state index in [4.69, 9.17) is 18.9 Å². The number of esters is 2. The number of carboxylic acid groups (broad SMARTS) is 1. The normalized spacial score (nSPS) is 13.3. The van der Waals surface area contributed by atoms with Gasteiger partial charge in [-0.1, -0.05) is 342 Å². The van der Waals surface area contributed by atoms with Gasteiger partial charge in [0.15, 0.2) is 12.4 Å². The maximum atomic E-state index is 13.0.